The predicted octanol–water partition coefficient (Wildman–Crippen LogP) is 5.31. The molecule has 0 aliphatic carbocycles. The molecule has 2 heterocycles. The molecule has 9 heteroatoms. The number of sulfone groups is 1. The van der Waals surface area contributed by atoms with Gasteiger partial charge in [-0.25, -0.2) is 17.2 Å². The summed E-state index contributed by atoms with van der Waals surface area (Å²) in [5.74, 6) is -1.62. The first-order valence-electron chi connectivity index (χ1n) is 12.4. The van der Waals surface area contributed by atoms with Crippen molar-refractivity contribution in [1.82, 2.24) is 9.80 Å². The lowest BCUT2D eigenvalue weighted by Gasteiger charge is -2.42. The highest BCUT2D eigenvalue weighted by Gasteiger charge is 2.35. The maximum atomic E-state index is 13.9. The van der Waals surface area contributed by atoms with Crippen molar-refractivity contribution in [3.63, 3.8) is 0 Å². The first-order chi connectivity index (χ1) is 18.2. The van der Waals surface area contributed by atoms with Crippen LogP contribution in [0.5, 0.6) is 0 Å². The Labute approximate surface area is 227 Å². The summed E-state index contributed by atoms with van der Waals surface area (Å²) in [7, 11) is -3.73. The molecular formula is C29H29ClF2N2O3S. The minimum Gasteiger partial charge on any atom is -0.379 e. The van der Waals surface area contributed by atoms with Crippen molar-refractivity contribution in [3.8, 4) is 0 Å². The van der Waals surface area contributed by atoms with Crippen LogP contribution in [0.3, 0.4) is 0 Å². The monoisotopic (exact) mass is 558 g/mol. The van der Waals surface area contributed by atoms with Crippen LogP contribution in [0, 0.1) is 11.6 Å². The number of likely N-dealkylation sites (tertiary alicyclic amines) is 1. The van der Waals surface area contributed by atoms with Gasteiger partial charge in [0.15, 0.2) is 9.84 Å². The quantitative estimate of drug-likeness (QED) is 0.393. The Balaban J connectivity index is 1.44. The standard InChI is InChI=1S/C29H29ClF2N2O3S/c1-38(35,36)29(23-14-26(31)16-27(32)15-23)24-18-34(19-24)28(22-6-8-25(30)9-7-22)21-4-2-20(3-5-21)17-33-10-12-37-13-11-33/h2-9,14-16,28H,10-13,17-19H2,1H3. The van der Waals surface area contributed by atoms with Crippen LogP contribution >= 0.6 is 11.6 Å². The minimum atomic E-state index is -3.73. The zero-order valence-corrected chi connectivity index (χ0v) is 22.6. The molecule has 0 saturated carbocycles. The average Bonchev–Trinajstić information content (AvgIpc) is 2.84. The second kappa shape index (κ2) is 11.2. The Morgan fingerprint density at radius 1 is 0.921 bits per heavy atom. The van der Waals surface area contributed by atoms with Crippen LogP contribution in [0.1, 0.15) is 28.3 Å². The van der Waals surface area contributed by atoms with E-state index in [1.807, 2.05) is 24.3 Å². The summed E-state index contributed by atoms with van der Waals surface area (Å²) in [5, 5.41) is 0.630. The second-order valence-electron chi connectivity index (χ2n) is 9.85. The maximum absolute atomic E-state index is 13.9. The van der Waals surface area contributed by atoms with Crippen LogP contribution in [0.25, 0.3) is 4.91 Å². The molecule has 2 fully saturated rings. The molecule has 3 aromatic carbocycles. The number of hydrogen-bond acceptors (Lipinski definition) is 5. The van der Waals surface area contributed by atoms with Crippen molar-refractivity contribution in [1.29, 1.82) is 0 Å². The number of hydrogen-bond donors (Lipinski definition) is 0. The van der Waals surface area contributed by atoms with Gasteiger partial charge in [0.1, 0.15) is 11.6 Å². The molecule has 3 aromatic rings. The predicted molar refractivity (Wildman–Crippen MR) is 146 cm³/mol. The van der Waals surface area contributed by atoms with Gasteiger partial charge in [0.25, 0.3) is 0 Å². The summed E-state index contributed by atoms with van der Waals surface area (Å²) >= 11 is 6.15. The zero-order valence-electron chi connectivity index (χ0n) is 21.0. The molecule has 5 rings (SSSR count). The van der Waals surface area contributed by atoms with Crippen LogP contribution in [-0.2, 0) is 21.1 Å². The first-order valence-corrected chi connectivity index (χ1v) is 14.7. The molecule has 0 radical (unpaired) electrons. The van der Waals surface area contributed by atoms with Crippen molar-refractivity contribution in [2.75, 3.05) is 45.6 Å². The molecular weight excluding hydrogens is 530 g/mol. The van der Waals surface area contributed by atoms with Crippen LogP contribution < -0.4 is 0 Å². The summed E-state index contributed by atoms with van der Waals surface area (Å²) < 4.78 is 58.7. The van der Waals surface area contributed by atoms with Crippen molar-refractivity contribution < 1.29 is 21.9 Å². The number of benzene rings is 3. The number of nitrogens with zero attached hydrogens (tertiary/aromatic N) is 2. The number of morpholine rings is 1. The number of ether oxygens (including phenoxy) is 1. The Morgan fingerprint density at radius 2 is 1.47 bits per heavy atom. The smallest absolute Gasteiger partial charge is 0.176 e. The number of halogens is 3. The SMILES string of the molecule is CS(=O)(=O)C(=C1CN(C(c2ccc(Cl)cc2)c2ccc(CN3CCOCC3)cc2)C1)c1cc(F)cc(F)c1. The van der Waals surface area contributed by atoms with E-state index in [1.165, 1.54) is 5.56 Å². The largest absolute Gasteiger partial charge is 0.379 e. The molecule has 200 valence electrons. The highest BCUT2D eigenvalue weighted by molar-refractivity contribution is 8.00. The minimum absolute atomic E-state index is 0.0112. The Hall–Kier alpha value is -2.62. The molecule has 5 nitrogen and oxygen atoms in total. The summed E-state index contributed by atoms with van der Waals surface area (Å²) in [5.41, 5.74) is 3.96. The van der Waals surface area contributed by atoms with E-state index >= 15 is 0 Å². The summed E-state index contributed by atoms with van der Waals surface area (Å²) in [6.07, 6.45) is 1.07. The molecule has 1 unspecified atom stereocenters. The van der Waals surface area contributed by atoms with Crippen LogP contribution in [0.15, 0.2) is 72.3 Å². The van der Waals surface area contributed by atoms with Crippen molar-refractivity contribution >= 4 is 26.3 Å². The van der Waals surface area contributed by atoms with Gasteiger partial charge < -0.3 is 4.74 Å². The normalized spacial score (nSPS) is 17.7. The van der Waals surface area contributed by atoms with E-state index in [-0.39, 0.29) is 16.5 Å². The molecule has 0 N–H and O–H groups in total. The van der Waals surface area contributed by atoms with Crippen molar-refractivity contribution in [2.24, 2.45) is 0 Å². The molecule has 0 spiro atoms. The van der Waals surface area contributed by atoms with Gasteiger partial charge >= 0.3 is 0 Å². The van der Waals surface area contributed by atoms with Gasteiger partial charge in [-0.3, -0.25) is 9.80 Å². The fourth-order valence-corrected chi connectivity index (χ4v) is 6.54. The lowest BCUT2D eigenvalue weighted by Crippen LogP contribution is -2.44. The lowest BCUT2D eigenvalue weighted by molar-refractivity contribution is 0.0342. The highest BCUT2D eigenvalue weighted by Crippen LogP contribution is 2.38. The fraction of sp³-hybridized carbons (Fsp3) is 0.310. The topological polar surface area (TPSA) is 49.9 Å². The maximum Gasteiger partial charge on any atom is 0.176 e. The third-order valence-electron chi connectivity index (χ3n) is 6.96. The van der Waals surface area contributed by atoms with E-state index in [1.54, 1.807) is 0 Å². The highest BCUT2D eigenvalue weighted by atomic mass is 35.5. The van der Waals surface area contributed by atoms with E-state index in [0.717, 1.165) is 68.4 Å². The molecule has 2 aliphatic heterocycles. The molecule has 0 bridgehead atoms. The third-order valence-corrected chi connectivity index (χ3v) is 8.48. The van der Waals surface area contributed by atoms with Crippen molar-refractivity contribution in [3.05, 3.63) is 111 Å². The molecule has 2 aliphatic rings. The zero-order chi connectivity index (χ0) is 26.9. The molecule has 38 heavy (non-hydrogen) atoms. The van der Waals surface area contributed by atoms with Gasteiger partial charge in [-0.15, -0.1) is 0 Å². The Morgan fingerprint density at radius 3 is 2.03 bits per heavy atom. The molecule has 2 saturated heterocycles. The summed E-state index contributed by atoms with van der Waals surface area (Å²) in [4.78, 5) is 4.50. The van der Waals surface area contributed by atoms with Gasteiger partial charge in [-0.1, -0.05) is 48.0 Å². The second-order valence-corrected chi connectivity index (χ2v) is 12.2. The van der Waals surface area contributed by atoms with Gasteiger partial charge in [0.2, 0.25) is 0 Å². The average molecular weight is 559 g/mol. The fourth-order valence-electron chi connectivity index (χ4n) is 5.22. The van der Waals surface area contributed by atoms with Gasteiger partial charge in [0.05, 0.1) is 24.2 Å². The van der Waals surface area contributed by atoms with E-state index in [9.17, 15) is 17.2 Å². The lowest BCUT2D eigenvalue weighted by atomic mass is 9.91. The number of rotatable bonds is 7. The van der Waals surface area contributed by atoms with E-state index in [4.69, 9.17) is 16.3 Å². The molecule has 0 aromatic heterocycles. The Bertz CT molecular complexity index is 1410. The summed E-state index contributed by atoms with van der Waals surface area (Å²) in [6, 6.07) is 18.8. The molecule has 1 atom stereocenters. The van der Waals surface area contributed by atoms with Crippen molar-refractivity contribution in [2.45, 2.75) is 12.6 Å². The van der Waals surface area contributed by atoms with E-state index in [0.29, 0.717) is 23.7 Å². The van der Waals surface area contributed by atoms with E-state index < -0.39 is 21.5 Å². The van der Waals surface area contributed by atoms with Gasteiger partial charge in [-0.2, -0.15) is 0 Å². The first kappa shape index (κ1) is 27.0. The van der Waals surface area contributed by atoms with Crippen LogP contribution in [0.2, 0.25) is 5.02 Å². The van der Waals surface area contributed by atoms with Crippen LogP contribution in [-0.4, -0.2) is 63.9 Å². The summed E-state index contributed by atoms with van der Waals surface area (Å²) in [6.45, 7) is 4.88. The Kier molecular flexibility index (Phi) is 7.98. The van der Waals surface area contributed by atoms with E-state index in [2.05, 4.69) is 34.1 Å². The third kappa shape index (κ3) is 6.16. The van der Waals surface area contributed by atoms with Gasteiger partial charge in [0, 0.05) is 50.1 Å². The molecule has 0 amide bonds. The van der Waals surface area contributed by atoms with Gasteiger partial charge in [-0.05, 0) is 52.1 Å². The van der Waals surface area contributed by atoms with Crippen LogP contribution in [0.4, 0.5) is 8.78 Å².